The molecule has 0 radical (unpaired) electrons. The van der Waals surface area contributed by atoms with E-state index in [9.17, 15) is 14.4 Å². The van der Waals surface area contributed by atoms with Crippen molar-refractivity contribution in [2.24, 2.45) is 0 Å². The Morgan fingerprint density at radius 3 is 2.74 bits per heavy atom. The predicted octanol–water partition coefficient (Wildman–Crippen LogP) is 2.52. The van der Waals surface area contributed by atoms with E-state index in [0.717, 1.165) is 9.37 Å². The summed E-state index contributed by atoms with van der Waals surface area (Å²) in [6, 6.07) is 13.9. The molecule has 31 heavy (non-hydrogen) atoms. The Morgan fingerprint density at radius 2 is 1.97 bits per heavy atom. The third kappa shape index (κ3) is 4.10. The number of carbonyl (C=O) groups excluding carboxylic acids is 3. The van der Waals surface area contributed by atoms with Crippen LogP contribution in [-0.4, -0.2) is 61.0 Å². The van der Waals surface area contributed by atoms with Crippen molar-refractivity contribution in [1.29, 1.82) is 0 Å². The Bertz CT molecular complexity index is 1010. The molecule has 1 spiro atoms. The molecule has 0 aliphatic carbocycles. The van der Waals surface area contributed by atoms with Crippen LogP contribution in [0.5, 0.6) is 11.5 Å². The largest absolute Gasteiger partial charge is 0.493 e. The molecule has 4 rings (SSSR count). The molecule has 2 aliphatic rings. The van der Waals surface area contributed by atoms with Crippen LogP contribution in [0, 0.1) is 0 Å². The van der Waals surface area contributed by atoms with Gasteiger partial charge in [-0.1, -0.05) is 34.1 Å². The van der Waals surface area contributed by atoms with Crippen LogP contribution in [0.2, 0.25) is 0 Å². The first-order chi connectivity index (χ1) is 14.9. The van der Waals surface area contributed by atoms with Crippen molar-refractivity contribution in [3.63, 3.8) is 0 Å². The molecule has 2 aromatic carbocycles. The zero-order valence-corrected chi connectivity index (χ0v) is 18.6. The number of hydrogen-bond donors (Lipinski definition) is 1. The van der Waals surface area contributed by atoms with Crippen LogP contribution in [0.1, 0.15) is 12.0 Å². The van der Waals surface area contributed by atoms with Gasteiger partial charge in [0, 0.05) is 23.5 Å². The van der Waals surface area contributed by atoms with Crippen LogP contribution >= 0.6 is 15.9 Å². The predicted molar refractivity (Wildman–Crippen MR) is 116 cm³/mol. The van der Waals surface area contributed by atoms with Crippen LogP contribution in [-0.2, 0) is 15.1 Å². The topological polar surface area (TPSA) is 88.2 Å². The van der Waals surface area contributed by atoms with Gasteiger partial charge in [-0.25, -0.2) is 4.79 Å². The summed E-state index contributed by atoms with van der Waals surface area (Å²) in [5.41, 5.74) is -0.569. The first kappa shape index (κ1) is 21.2. The van der Waals surface area contributed by atoms with Crippen molar-refractivity contribution < 1.29 is 23.9 Å². The number of imide groups is 1. The fourth-order valence-corrected chi connectivity index (χ4v) is 3.99. The van der Waals surface area contributed by atoms with E-state index in [1.54, 1.807) is 25.2 Å². The SMILES string of the molecule is CN(CCOc1ccc(Br)cc1)C(=O)CN1C(=O)NC2(CCOc3ccccc32)C1=O. The number of amides is 4. The molecule has 1 atom stereocenters. The lowest BCUT2D eigenvalue weighted by molar-refractivity contribution is -0.139. The lowest BCUT2D eigenvalue weighted by atomic mass is 9.84. The monoisotopic (exact) mass is 487 g/mol. The van der Waals surface area contributed by atoms with Gasteiger partial charge in [-0.15, -0.1) is 0 Å². The highest BCUT2D eigenvalue weighted by Gasteiger charge is 2.55. The van der Waals surface area contributed by atoms with Gasteiger partial charge in [0.2, 0.25) is 5.91 Å². The van der Waals surface area contributed by atoms with Crippen LogP contribution in [0.15, 0.2) is 53.0 Å². The fraction of sp³-hybridized carbons (Fsp3) is 0.318. The number of para-hydroxylation sites is 1. The third-order valence-electron chi connectivity index (χ3n) is 5.49. The van der Waals surface area contributed by atoms with Gasteiger partial charge in [0.25, 0.3) is 5.91 Å². The number of urea groups is 1. The maximum absolute atomic E-state index is 13.2. The Hall–Kier alpha value is -3.07. The number of hydrogen-bond acceptors (Lipinski definition) is 5. The minimum Gasteiger partial charge on any atom is -0.493 e. The highest BCUT2D eigenvalue weighted by atomic mass is 79.9. The van der Waals surface area contributed by atoms with Gasteiger partial charge in [-0.2, -0.15) is 0 Å². The van der Waals surface area contributed by atoms with E-state index in [1.807, 2.05) is 30.3 Å². The van der Waals surface area contributed by atoms with E-state index < -0.39 is 17.5 Å². The van der Waals surface area contributed by atoms with E-state index in [0.29, 0.717) is 43.2 Å². The number of likely N-dealkylation sites (N-methyl/N-ethyl adjacent to an activating group) is 1. The normalized spacial score (nSPS) is 19.6. The number of benzene rings is 2. The number of nitrogens with zero attached hydrogens (tertiary/aromatic N) is 2. The number of ether oxygens (including phenoxy) is 2. The number of halogens is 1. The number of nitrogens with one attached hydrogen (secondary N) is 1. The number of carbonyl (C=O) groups is 3. The smallest absolute Gasteiger partial charge is 0.325 e. The number of fused-ring (bicyclic) bond motifs is 2. The highest BCUT2D eigenvalue weighted by molar-refractivity contribution is 9.10. The number of rotatable bonds is 6. The van der Waals surface area contributed by atoms with Crippen molar-refractivity contribution in [2.45, 2.75) is 12.0 Å². The second kappa shape index (κ2) is 8.58. The van der Waals surface area contributed by atoms with Crippen molar-refractivity contribution in [1.82, 2.24) is 15.1 Å². The van der Waals surface area contributed by atoms with Crippen LogP contribution in [0.4, 0.5) is 4.79 Å². The lowest BCUT2D eigenvalue weighted by Gasteiger charge is -2.33. The molecule has 8 nitrogen and oxygen atoms in total. The quantitative estimate of drug-likeness (QED) is 0.632. The van der Waals surface area contributed by atoms with E-state index in [4.69, 9.17) is 9.47 Å². The van der Waals surface area contributed by atoms with Crippen molar-refractivity contribution in [2.75, 3.05) is 33.4 Å². The minimum atomic E-state index is -1.19. The van der Waals surface area contributed by atoms with Crippen molar-refractivity contribution in [3.8, 4) is 11.5 Å². The molecule has 2 heterocycles. The molecular formula is C22H22BrN3O5. The first-order valence-corrected chi connectivity index (χ1v) is 10.7. The van der Waals surface area contributed by atoms with Crippen molar-refractivity contribution >= 4 is 33.8 Å². The maximum Gasteiger partial charge on any atom is 0.325 e. The van der Waals surface area contributed by atoms with Crippen LogP contribution < -0.4 is 14.8 Å². The summed E-state index contributed by atoms with van der Waals surface area (Å²) < 4.78 is 12.2. The summed E-state index contributed by atoms with van der Waals surface area (Å²) in [7, 11) is 1.62. The van der Waals surface area contributed by atoms with Gasteiger partial charge in [0.05, 0.1) is 13.2 Å². The molecule has 162 valence electrons. The molecule has 4 amide bonds. The van der Waals surface area contributed by atoms with Gasteiger partial charge < -0.3 is 19.7 Å². The molecule has 1 saturated heterocycles. The second-order valence-corrected chi connectivity index (χ2v) is 8.35. The lowest BCUT2D eigenvalue weighted by Crippen LogP contribution is -2.48. The van der Waals surface area contributed by atoms with E-state index in [-0.39, 0.29) is 12.5 Å². The van der Waals surface area contributed by atoms with Crippen LogP contribution in [0.3, 0.4) is 0 Å². The fourth-order valence-electron chi connectivity index (χ4n) is 3.73. The molecule has 0 aromatic heterocycles. The Labute approximate surface area is 188 Å². The van der Waals surface area contributed by atoms with Gasteiger partial charge in [-0.3, -0.25) is 14.5 Å². The first-order valence-electron chi connectivity index (χ1n) is 9.89. The highest BCUT2D eigenvalue weighted by Crippen LogP contribution is 2.40. The third-order valence-corrected chi connectivity index (χ3v) is 6.01. The Morgan fingerprint density at radius 1 is 1.23 bits per heavy atom. The average Bonchev–Trinajstić information content (AvgIpc) is 3.00. The molecule has 1 fully saturated rings. The van der Waals surface area contributed by atoms with Gasteiger partial charge in [0.15, 0.2) is 5.54 Å². The molecule has 0 saturated carbocycles. The van der Waals surface area contributed by atoms with E-state index in [2.05, 4.69) is 21.2 Å². The minimum absolute atomic E-state index is 0.290. The Balaban J connectivity index is 1.38. The van der Waals surface area contributed by atoms with Gasteiger partial charge in [0.1, 0.15) is 24.7 Å². The molecule has 2 aromatic rings. The molecule has 0 bridgehead atoms. The summed E-state index contributed by atoms with van der Waals surface area (Å²) in [6.45, 7) is 0.585. The maximum atomic E-state index is 13.2. The summed E-state index contributed by atoms with van der Waals surface area (Å²) in [4.78, 5) is 40.9. The van der Waals surface area contributed by atoms with Gasteiger partial charge in [-0.05, 0) is 30.3 Å². The molecular weight excluding hydrogens is 466 g/mol. The standard InChI is InChI=1S/C22H22BrN3O5/c1-25(11-13-30-16-8-6-15(23)7-9-16)19(27)14-26-20(28)22(24-21(26)29)10-12-31-18-5-3-2-4-17(18)22/h2-9H,10-14H2,1H3,(H,24,29). The van der Waals surface area contributed by atoms with Crippen molar-refractivity contribution in [3.05, 3.63) is 58.6 Å². The summed E-state index contributed by atoms with van der Waals surface area (Å²) >= 11 is 3.36. The van der Waals surface area contributed by atoms with E-state index in [1.165, 1.54) is 4.90 Å². The van der Waals surface area contributed by atoms with Crippen LogP contribution in [0.25, 0.3) is 0 Å². The molecule has 1 unspecified atom stereocenters. The zero-order valence-electron chi connectivity index (χ0n) is 17.0. The summed E-state index contributed by atoms with van der Waals surface area (Å²) in [5, 5.41) is 2.80. The molecule has 2 aliphatic heterocycles. The summed E-state index contributed by atoms with van der Waals surface area (Å²) in [5.74, 6) is 0.484. The van der Waals surface area contributed by atoms with E-state index >= 15 is 0 Å². The molecule has 9 heteroatoms. The molecule has 1 N–H and O–H groups in total. The Kier molecular flexibility index (Phi) is 5.86. The average molecular weight is 488 g/mol. The zero-order chi connectivity index (χ0) is 22.0. The van der Waals surface area contributed by atoms with Gasteiger partial charge >= 0.3 is 6.03 Å². The second-order valence-electron chi connectivity index (χ2n) is 7.44. The summed E-state index contributed by atoms with van der Waals surface area (Å²) in [6.07, 6.45) is 0.316.